The molecule has 0 aliphatic rings. The first-order valence-electron chi connectivity index (χ1n) is 7.78. The van der Waals surface area contributed by atoms with Gasteiger partial charge in [0.15, 0.2) is 0 Å². The van der Waals surface area contributed by atoms with Gasteiger partial charge in [0.1, 0.15) is 5.75 Å². The molecule has 0 fully saturated rings. The summed E-state index contributed by atoms with van der Waals surface area (Å²) in [5, 5.41) is 3.45. The van der Waals surface area contributed by atoms with E-state index < -0.39 is 0 Å². The number of halogens is 1. The zero-order valence-corrected chi connectivity index (χ0v) is 14.6. The van der Waals surface area contributed by atoms with Crippen LogP contribution in [0.4, 0.5) is 0 Å². The number of ether oxygens (including phenoxy) is 1. The Labute approximate surface area is 132 Å². The number of para-hydroxylation sites is 1. The molecule has 0 bridgehead atoms. The van der Waals surface area contributed by atoms with Crippen LogP contribution in [0.2, 0.25) is 0 Å². The van der Waals surface area contributed by atoms with Gasteiger partial charge < -0.3 is 10.1 Å². The molecule has 1 aromatic rings. The molecule has 1 rings (SSSR count). The SMILES string of the molecule is CCCCCCCOc1c(Br)cccc1CNC(C)C. The molecule has 0 unspecified atom stereocenters. The molecule has 20 heavy (non-hydrogen) atoms. The smallest absolute Gasteiger partial charge is 0.137 e. The number of rotatable bonds is 10. The van der Waals surface area contributed by atoms with Crippen LogP contribution < -0.4 is 10.1 Å². The molecule has 0 amide bonds. The average Bonchev–Trinajstić information content (AvgIpc) is 2.42. The van der Waals surface area contributed by atoms with Crippen molar-refractivity contribution in [2.24, 2.45) is 0 Å². The van der Waals surface area contributed by atoms with E-state index >= 15 is 0 Å². The Balaban J connectivity index is 2.46. The van der Waals surface area contributed by atoms with Crippen molar-refractivity contribution in [1.29, 1.82) is 0 Å². The molecule has 3 heteroatoms. The molecule has 0 saturated heterocycles. The standard InChI is InChI=1S/C17H28BrNO/c1-4-5-6-7-8-12-20-17-15(13-19-14(2)3)10-9-11-16(17)18/h9-11,14,19H,4-8,12-13H2,1-3H3. The molecule has 0 aromatic heterocycles. The summed E-state index contributed by atoms with van der Waals surface area (Å²) >= 11 is 3.60. The van der Waals surface area contributed by atoms with Gasteiger partial charge in [-0.2, -0.15) is 0 Å². The third-order valence-electron chi connectivity index (χ3n) is 3.24. The summed E-state index contributed by atoms with van der Waals surface area (Å²) in [6.45, 7) is 8.22. The summed E-state index contributed by atoms with van der Waals surface area (Å²) < 4.78 is 7.04. The zero-order chi connectivity index (χ0) is 14.8. The average molecular weight is 342 g/mol. The minimum Gasteiger partial charge on any atom is -0.492 e. The Morgan fingerprint density at radius 3 is 2.60 bits per heavy atom. The van der Waals surface area contributed by atoms with Crippen LogP contribution in [-0.4, -0.2) is 12.6 Å². The highest BCUT2D eigenvalue weighted by Crippen LogP contribution is 2.29. The Hall–Kier alpha value is -0.540. The van der Waals surface area contributed by atoms with Crippen LogP contribution in [0.1, 0.15) is 58.4 Å². The van der Waals surface area contributed by atoms with Gasteiger partial charge in [-0.25, -0.2) is 0 Å². The minimum absolute atomic E-state index is 0.482. The van der Waals surface area contributed by atoms with Gasteiger partial charge in [-0.1, -0.05) is 58.6 Å². The van der Waals surface area contributed by atoms with Crippen LogP contribution >= 0.6 is 15.9 Å². The lowest BCUT2D eigenvalue weighted by Crippen LogP contribution is -2.22. The first-order chi connectivity index (χ1) is 9.65. The van der Waals surface area contributed by atoms with Gasteiger partial charge in [0.2, 0.25) is 0 Å². The largest absolute Gasteiger partial charge is 0.492 e. The van der Waals surface area contributed by atoms with E-state index in [0.717, 1.165) is 29.8 Å². The van der Waals surface area contributed by atoms with Gasteiger partial charge in [-0.3, -0.25) is 0 Å². The minimum atomic E-state index is 0.482. The Bertz CT molecular complexity index is 379. The quantitative estimate of drug-likeness (QED) is 0.583. The predicted octanol–water partition coefficient (Wildman–Crippen LogP) is 5.30. The molecule has 0 aliphatic heterocycles. The summed E-state index contributed by atoms with van der Waals surface area (Å²) in [5.74, 6) is 0.996. The maximum Gasteiger partial charge on any atom is 0.137 e. The summed E-state index contributed by atoms with van der Waals surface area (Å²) in [6, 6.07) is 6.73. The van der Waals surface area contributed by atoms with Gasteiger partial charge in [-0.15, -0.1) is 0 Å². The van der Waals surface area contributed by atoms with Crippen molar-refractivity contribution in [2.45, 2.75) is 65.5 Å². The molecule has 114 valence electrons. The Kier molecular flexibility index (Phi) is 8.95. The topological polar surface area (TPSA) is 21.3 Å². The summed E-state index contributed by atoms with van der Waals surface area (Å²) in [6.07, 6.45) is 6.34. The summed E-state index contributed by atoms with van der Waals surface area (Å²) in [7, 11) is 0. The van der Waals surface area contributed by atoms with Crippen LogP contribution in [0.15, 0.2) is 22.7 Å². The lowest BCUT2D eigenvalue weighted by atomic mass is 10.1. The number of unbranched alkanes of at least 4 members (excludes halogenated alkanes) is 4. The first-order valence-corrected chi connectivity index (χ1v) is 8.58. The van der Waals surface area contributed by atoms with Gasteiger partial charge >= 0.3 is 0 Å². The van der Waals surface area contributed by atoms with Crippen LogP contribution in [0, 0.1) is 0 Å². The molecular formula is C17H28BrNO. The lowest BCUT2D eigenvalue weighted by Gasteiger charge is -2.15. The fraction of sp³-hybridized carbons (Fsp3) is 0.647. The highest BCUT2D eigenvalue weighted by atomic mass is 79.9. The predicted molar refractivity (Wildman–Crippen MR) is 90.4 cm³/mol. The van der Waals surface area contributed by atoms with Crippen LogP contribution in [0.5, 0.6) is 5.75 Å². The van der Waals surface area contributed by atoms with E-state index in [4.69, 9.17) is 4.74 Å². The van der Waals surface area contributed by atoms with Gasteiger partial charge in [0.25, 0.3) is 0 Å². The van der Waals surface area contributed by atoms with Gasteiger partial charge in [0.05, 0.1) is 11.1 Å². The zero-order valence-electron chi connectivity index (χ0n) is 13.0. The molecule has 0 saturated carbocycles. The van der Waals surface area contributed by atoms with Gasteiger partial charge in [0, 0.05) is 18.2 Å². The van der Waals surface area contributed by atoms with Crippen molar-refractivity contribution in [1.82, 2.24) is 5.32 Å². The first kappa shape index (κ1) is 17.5. The number of hydrogen-bond acceptors (Lipinski definition) is 2. The van der Waals surface area contributed by atoms with E-state index in [-0.39, 0.29) is 0 Å². The van der Waals surface area contributed by atoms with Crippen LogP contribution in [0.3, 0.4) is 0 Å². The van der Waals surface area contributed by atoms with E-state index in [9.17, 15) is 0 Å². The second-order valence-corrected chi connectivity index (χ2v) is 6.38. The molecule has 1 aromatic carbocycles. The molecule has 1 N–H and O–H groups in total. The lowest BCUT2D eigenvalue weighted by molar-refractivity contribution is 0.298. The maximum atomic E-state index is 5.99. The maximum absolute atomic E-state index is 5.99. The van der Waals surface area contributed by atoms with Gasteiger partial charge in [-0.05, 0) is 28.4 Å². The van der Waals surface area contributed by atoms with Crippen molar-refractivity contribution in [3.8, 4) is 5.75 Å². The Morgan fingerprint density at radius 2 is 1.90 bits per heavy atom. The second-order valence-electron chi connectivity index (χ2n) is 5.53. The van der Waals surface area contributed by atoms with E-state index in [1.165, 1.54) is 31.2 Å². The molecule has 0 spiro atoms. The summed E-state index contributed by atoms with van der Waals surface area (Å²) in [5.41, 5.74) is 1.22. The number of benzene rings is 1. The molecule has 0 heterocycles. The number of nitrogens with one attached hydrogen (secondary N) is 1. The highest BCUT2D eigenvalue weighted by molar-refractivity contribution is 9.10. The van der Waals surface area contributed by atoms with E-state index in [2.05, 4.69) is 54.2 Å². The molecule has 0 atom stereocenters. The Morgan fingerprint density at radius 1 is 1.15 bits per heavy atom. The third kappa shape index (κ3) is 6.76. The molecule has 0 radical (unpaired) electrons. The number of hydrogen-bond donors (Lipinski definition) is 1. The molecule has 0 aliphatic carbocycles. The summed E-state index contributed by atoms with van der Waals surface area (Å²) in [4.78, 5) is 0. The highest BCUT2D eigenvalue weighted by Gasteiger charge is 2.08. The van der Waals surface area contributed by atoms with E-state index in [1.807, 2.05) is 6.07 Å². The fourth-order valence-electron chi connectivity index (χ4n) is 2.05. The third-order valence-corrected chi connectivity index (χ3v) is 3.87. The fourth-order valence-corrected chi connectivity index (χ4v) is 2.57. The van der Waals surface area contributed by atoms with Crippen molar-refractivity contribution >= 4 is 15.9 Å². The molecular weight excluding hydrogens is 314 g/mol. The van der Waals surface area contributed by atoms with Crippen molar-refractivity contribution < 1.29 is 4.74 Å². The van der Waals surface area contributed by atoms with Crippen LogP contribution in [-0.2, 0) is 6.54 Å². The van der Waals surface area contributed by atoms with Crippen molar-refractivity contribution in [3.05, 3.63) is 28.2 Å². The normalized spacial score (nSPS) is 11.1. The van der Waals surface area contributed by atoms with Crippen LogP contribution in [0.25, 0.3) is 0 Å². The van der Waals surface area contributed by atoms with E-state index in [0.29, 0.717) is 6.04 Å². The second kappa shape index (κ2) is 10.2. The van der Waals surface area contributed by atoms with Crippen molar-refractivity contribution in [2.75, 3.05) is 6.61 Å². The van der Waals surface area contributed by atoms with Crippen molar-refractivity contribution in [3.63, 3.8) is 0 Å². The van der Waals surface area contributed by atoms with E-state index in [1.54, 1.807) is 0 Å². The molecule has 2 nitrogen and oxygen atoms in total. The monoisotopic (exact) mass is 341 g/mol.